The van der Waals surface area contributed by atoms with Crippen LogP contribution in [-0.2, 0) is 4.74 Å². The molecule has 4 heteroatoms. The Morgan fingerprint density at radius 1 is 0.372 bits per heavy atom. The summed E-state index contributed by atoms with van der Waals surface area (Å²) >= 11 is 0. The van der Waals surface area contributed by atoms with E-state index in [0.29, 0.717) is 6.04 Å². The van der Waals surface area contributed by atoms with Crippen LogP contribution in [0.2, 0.25) is 0 Å². The van der Waals surface area contributed by atoms with E-state index >= 15 is 0 Å². The van der Waals surface area contributed by atoms with Gasteiger partial charge in [0.2, 0.25) is 0 Å². The molecule has 43 heavy (non-hydrogen) atoms. The first-order chi connectivity index (χ1) is 19.8. The maximum absolute atomic E-state index is 6.18. The summed E-state index contributed by atoms with van der Waals surface area (Å²) in [5.41, 5.74) is 0. The summed E-state index contributed by atoms with van der Waals surface area (Å²) in [5, 5.41) is 0. The molecule has 0 N–H and O–H groups in total. The van der Waals surface area contributed by atoms with Gasteiger partial charge in [0.1, 0.15) is 0 Å². The van der Waals surface area contributed by atoms with E-state index in [-0.39, 0.29) is 0 Å². The average Bonchev–Trinajstić information content (AvgIpc) is 2.87. The maximum atomic E-state index is 6.18. The molecule has 0 spiro atoms. The third-order valence-electron chi connectivity index (χ3n) is 9.77. The van der Waals surface area contributed by atoms with Gasteiger partial charge in [-0.2, -0.15) is 0 Å². The van der Waals surface area contributed by atoms with Gasteiger partial charge in [-0.05, 0) is 73.0 Å². The minimum atomic E-state index is 0.690. The van der Waals surface area contributed by atoms with E-state index < -0.39 is 0 Å². The van der Waals surface area contributed by atoms with E-state index in [1.807, 2.05) is 0 Å². The summed E-state index contributed by atoms with van der Waals surface area (Å²) in [7, 11) is 0. The predicted molar refractivity (Wildman–Crippen MR) is 196 cm³/mol. The molecule has 262 valence electrons. The van der Waals surface area contributed by atoms with Crippen LogP contribution >= 0.6 is 0 Å². The zero-order valence-electron chi connectivity index (χ0n) is 33.2. The molecule has 0 heterocycles. The first-order valence-corrected chi connectivity index (χ1v) is 18.5. The fourth-order valence-corrected chi connectivity index (χ4v) is 4.91. The highest BCUT2D eigenvalue weighted by molar-refractivity contribution is 4.72. The molecule has 4 nitrogen and oxygen atoms in total. The van der Waals surface area contributed by atoms with Crippen molar-refractivity contribution in [1.29, 1.82) is 0 Å². The summed E-state index contributed by atoms with van der Waals surface area (Å²) in [6, 6.07) is 0.690. The molecule has 0 rings (SSSR count). The van der Waals surface area contributed by atoms with Gasteiger partial charge in [-0.3, -0.25) is 0 Å². The molecule has 0 saturated heterocycles. The molecular weight excluding hydrogens is 526 g/mol. The first-order valence-electron chi connectivity index (χ1n) is 18.5. The molecule has 0 amide bonds. The van der Waals surface area contributed by atoms with E-state index in [2.05, 4.69) is 139 Å². The van der Waals surface area contributed by atoms with Crippen LogP contribution in [0.4, 0.5) is 0 Å². The molecule has 0 radical (unpaired) electrons. The van der Waals surface area contributed by atoms with Gasteiger partial charge in [-0.25, -0.2) is 0 Å². The molecule has 4 unspecified atom stereocenters. The standard InChI is InChI=1S/C28H60N2O.C11H25N/c1-21(2)25(9)17-29(18-26(10)22(3)4)13-15-31-16-14-30(19-27(11)23(5)6)20-28(12)24(7)8;1-9(2)7-12(11(5)6)8-10(3)4/h21-28H,13-20H2,1-12H3;9-11H,7-8H2,1-6H3. The largest absolute Gasteiger partial charge is 0.379 e. The summed E-state index contributed by atoms with van der Waals surface area (Å²) < 4.78 is 6.18. The van der Waals surface area contributed by atoms with Crippen LogP contribution in [0.15, 0.2) is 0 Å². The normalized spacial score (nSPS) is 15.6. The number of hydrogen-bond donors (Lipinski definition) is 0. The number of rotatable bonds is 23. The highest BCUT2D eigenvalue weighted by Crippen LogP contribution is 2.18. The number of hydrogen-bond acceptors (Lipinski definition) is 4. The second kappa shape index (κ2) is 25.0. The van der Waals surface area contributed by atoms with E-state index in [0.717, 1.165) is 85.5 Å². The molecule has 4 atom stereocenters. The second-order valence-corrected chi connectivity index (χ2v) is 16.9. The van der Waals surface area contributed by atoms with Gasteiger partial charge in [0, 0.05) is 58.4 Å². The van der Waals surface area contributed by atoms with Crippen molar-refractivity contribution in [3.05, 3.63) is 0 Å². The van der Waals surface area contributed by atoms with Gasteiger partial charge < -0.3 is 19.4 Å². The van der Waals surface area contributed by atoms with Crippen LogP contribution in [0.1, 0.15) is 125 Å². The van der Waals surface area contributed by atoms with Crippen molar-refractivity contribution >= 4 is 0 Å². The minimum Gasteiger partial charge on any atom is -0.379 e. The second-order valence-electron chi connectivity index (χ2n) is 16.9. The lowest BCUT2D eigenvalue weighted by Crippen LogP contribution is -2.39. The van der Waals surface area contributed by atoms with Crippen LogP contribution in [0, 0.1) is 59.2 Å². The van der Waals surface area contributed by atoms with Gasteiger partial charge in [0.25, 0.3) is 0 Å². The quantitative estimate of drug-likeness (QED) is 0.107. The van der Waals surface area contributed by atoms with Gasteiger partial charge in [-0.1, -0.05) is 111 Å². The molecule has 0 saturated carbocycles. The fourth-order valence-electron chi connectivity index (χ4n) is 4.91. The predicted octanol–water partition coefficient (Wildman–Crippen LogP) is 9.78. The summed E-state index contributed by atoms with van der Waals surface area (Å²) in [6.07, 6.45) is 0. The van der Waals surface area contributed by atoms with Gasteiger partial charge in [-0.15, -0.1) is 0 Å². The highest BCUT2D eigenvalue weighted by Gasteiger charge is 2.19. The zero-order valence-corrected chi connectivity index (χ0v) is 33.2. The molecule has 0 aliphatic carbocycles. The lowest BCUT2D eigenvalue weighted by atomic mass is 9.94. The Balaban J connectivity index is 0. The molecule has 0 aromatic heterocycles. The smallest absolute Gasteiger partial charge is 0.0594 e. The molecule has 0 fully saturated rings. The highest BCUT2D eigenvalue weighted by atomic mass is 16.5. The number of ether oxygens (including phenoxy) is 1. The SMILES string of the molecule is CC(C)C(C)CN(CCOCCN(CC(C)C(C)C)CC(C)C(C)C)CC(C)C(C)C.CC(C)CN(CC(C)C)C(C)C. The lowest BCUT2D eigenvalue weighted by Gasteiger charge is -2.32. The van der Waals surface area contributed by atoms with Gasteiger partial charge in [0.05, 0.1) is 13.2 Å². The van der Waals surface area contributed by atoms with E-state index in [1.54, 1.807) is 0 Å². The van der Waals surface area contributed by atoms with Crippen molar-refractivity contribution in [3.8, 4) is 0 Å². The third-order valence-corrected chi connectivity index (χ3v) is 9.77. The van der Waals surface area contributed by atoms with Crippen molar-refractivity contribution < 1.29 is 4.74 Å². The van der Waals surface area contributed by atoms with E-state index in [9.17, 15) is 0 Å². The zero-order chi connectivity index (χ0) is 33.9. The monoisotopic (exact) mass is 612 g/mol. The van der Waals surface area contributed by atoms with Crippen LogP contribution in [-0.4, -0.2) is 86.3 Å². The van der Waals surface area contributed by atoms with Crippen molar-refractivity contribution in [1.82, 2.24) is 14.7 Å². The van der Waals surface area contributed by atoms with Crippen molar-refractivity contribution in [2.24, 2.45) is 59.2 Å². The third kappa shape index (κ3) is 24.7. The average molecular weight is 612 g/mol. The van der Waals surface area contributed by atoms with Crippen molar-refractivity contribution in [2.75, 3.05) is 65.6 Å². The van der Waals surface area contributed by atoms with Gasteiger partial charge in [0.15, 0.2) is 0 Å². The van der Waals surface area contributed by atoms with Crippen LogP contribution in [0.5, 0.6) is 0 Å². The molecule has 0 aliphatic rings. The number of nitrogens with zero attached hydrogens (tertiary/aromatic N) is 3. The van der Waals surface area contributed by atoms with Crippen molar-refractivity contribution in [3.63, 3.8) is 0 Å². The minimum absolute atomic E-state index is 0.690. The van der Waals surface area contributed by atoms with Gasteiger partial charge >= 0.3 is 0 Å². The summed E-state index contributed by atoms with van der Waals surface area (Å²) in [5.74, 6) is 7.41. The Labute approximate surface area is 274 Å². The Morgan fingerprint density at radius 3 is 0.814 bits per heavy atom. The van der Waals surface area contributed by atoms with Crippen LogP contribution < -0.4 is 0 Å². The first kappa shape index (κ1) is 45.0. The molecule has 0 aromatic carbocycles. The van der Waals surface area contributed by atoms with E-state index in [4.69, 9.17) is 4.74 Å². The summed E-state index contributed by atoms with van der Waals surface area (Å²) in [4.78, 5) is 7.86. The Bertz CT molecular complexity index is 536. The Kier molecular flexibility index (Phi) is 26.1. The Hall–Kier alpha value is -0.160. The summed E-state index contributed by atoms with van der Waals surface area (Å²) in [6.45, 7) is 53.0. The molecule has 0 aromatic rings. The van der Waals surface area contributed by atoms with Crippen molar-refractivity contribution in [2.45, 2.75) is 131 Å². The van der Waals surface area contributed by atoms with Crippen LogP contribution in [0.25, 0.3) is 0 Å². The Morgan fingerprint density at radius 2 is 0.628 bits per heavy atom. The lowest BCUT2D eigenvalue weighted by molar-refractivity contribution is 0.0614. The molecule has 0 aliphatic heterocycles. The topological polar surface area (TPSA) is 19.0 Å². The van der Waals surface area contributed by atoms with Crippen LogP contribution in [0.3, 0.4) is 0 Å². The van der Waals surface area contributed by atoms with E-state index in [1.165, 1.54) is 39.3 Å². The fraction of sp³-hybridized carbons (Fsp3) is 1.00. The molecule has 0 bridgehead atoms. The maximum Gasteiger partial charge on any atom is 0.0594 e. The molecular formula is C39H85N3O.